The van der Waals surface area contributed by atoms with Crippen molar-refractivity contribution in [3.63, 3.8) is 0 Å². The Hall–Kier alpha value is -0.120. The lowest BCUT2D eigenvalue weighted by Gasteiger charge is -2.38. The van der Waals surface area contributed by atoms with Gasteiger partial charge in [-0.3, -0.25) is 4.90 Å². The SMILES string of the molecule is CNC(C)CC(C)N1CCN(CC2CC2)CC1. The van der Waals surface area contributed by atoms with Gasteiger partial charge in [0.05, 0.1) is 0 Å². The third-order valence-electron chi connectivity index (χ3n) is 4.43. The minimum absolute atomic E-state index is 0.634. The Morgan fingerprint density at radius 3 is 2.29 bits per heavy atom. The molecular formula is C14H29N3. The maximum atomic E-state index is 3.34. The molecule has 1 heterocycles. The van der Waals surface area contributed by atoms with Crippen LogP contribution in [0, 0.1) is 5.92 Å². The van der Waals surface area contributed by atoms with Crippen LogP contribution in [0.2, 0.25) is 0 Å². The van der Waals surface area contributed by atoms with Gasteiger partial charge in [-0.15, -0.1) is 0 Å². The molecule has 2 unspecified atom stereocenters. The van der Waals surface area contributed by atoms with E-state index in [0.29, 0.717) is 6.04 Å². The van der Waals surface area contributed by atoms with E-state index in [1.165, 1.54) is 52.0 Å². The third kappa shape index (κ3) is 4.23. The fourth-order valence-corrected chi connectivity index (χ4v) is 2.83. The first-order valence-electron chi connectivity index (χ1n) is 7.32. The molecule has 0 aromatic rings. The van der Waals surface area contributed by atoms with Crippen molar-refractivity contribution in [2.24, 2.45) is 5.92 Å². The van der Waals surface area contributed by atoms with Gasteiger partial charge in [-0.05, 0) is 46.1 Å². The number of rotatable bonds is 6. The monoisotopic (exact) mass is 239 g/mol. The van der Waals surface area contributed by atoms with Crippen LogP contribution in [0.25, 0.3) is 0 Å². The predicted molar refractivity (Wildman–Crippen MR) is 73.3 cm³/mol. The van der Waals surface area contributed by atoms with Gasteiger partial charge in [0.1, 0.15) is 0 Å². The molecule has 1 aliphatic heterocycles. The topological polar surface area (TPSA) is 18.5 Å². The summed E-state index contributed by atoms with van der Waals surface area (Å²) < 4.78 is 0. The number of hydrogen-bond acceptors (Lipinski definition) is 3. The van der Waals surface area contributed by atoms with Gasteiger partial charge in [0, 0.05) is 44.8 Å². The van der Waals surface area contributed by atoms with Gasteiger partial charge in [-0.2, -0.15) is 0 Å². The van der Waals surface area contributed by atoms with Crippen LogP contribution in [0.1, 0.15) is 33.1 Å². The van der Waals surface area contributed by atoms with Gasteiger partial charge in [-0.25, -0.2) is 0 Å². The molecule has 0 amide bonds. The van der Waals surface area contributed by atoms with E-state index in [2.05, 4.69) is 36.0 Å². The summed E-state index contributed by atoms with van der Waals surface area (Å²) >= 11 is 0. The highest BCUT2D eigenvalue weighted by molar-refractivity contribution is 4.82. The number of hydrogen-bond donors (Lipinski definition) is 1. The average Bonchev–Trinajstić information content (AvgIpc) is 3.13. The van der Waals surface area contributed by atoms with Crippen LogP contribution in [0.4, 0.5) is 0 Å². The number of nitrogens with one attached hydrogen (secondary N) is 1. The molecule has 1 N–H and O–H groups in total. The zero-order valence-electron chi connectivity index (χ0n) is 11.8. The molecule has 2 aliphatic rings. The first-order chi connectivity index (χ1) is 8.19. The summed E-state index contributed by atoms with van der Waals surface area (Å²) in [5.41, 5.74) is 0. The molecule has 17 heavy (non-hydrogen) atoms. The van der Waals surface area contributed by atoms with Crippen molar-refractivity contribution >= 4 is 0 Å². The molecule has 1 saturated carbocycles. The molecule has 3 nitrogen and oxygen atoms in total. The molecule has 0 radical (unpaired) electrons. The largest absolute Gasteiger partial charge is 0.317 e. The Morgan fingerprint density at radius 2 is 1.76 bits per heavy atom. The molecule has 2 atom stereocenters. The van der Waals surface area contributed by atoms with Crippen molar-refractivity contribution in [1.82, 2.24) is 15.1 Å². The summed E-state index contributed by atoms with van der Waals surface area (Å²) in [6.07, 6.45) is 4.23. The third-order valence-corrected chi connectivity index (χ3v) is 4.43. The van der Waals surface area contributed by atoms with E-state index in [0.717, 1.165) is 12.0 Å². The maximum absolute atomic E-state index is 3.34. The van der Waals surface area contributed by atoms with E-state index in [9.17, 15) is 0 Å². The van der Waals surface area contributed by atoms with Gasteiger partial charge in [0.15, 0.2) is 0 Å². The van der Waals surface area contributed by atoms with Crippen molar-refractivity contribution in [3.05, 3.63) is 0 Å². The summed E-state index contributed by atoms with van der Waals surface area (Å²) in [5, 5.41) is 3.34. The van der Waals surface area contributed by atoms with Gasteiger partial charge >= 0.3 is 0 Å². The molecule has 3 heteroatoms. The van der Waals surface area contributed by atoms with Crippen molar-refractivity contribution in [3.8, 4) is 0 Å². The van der Waals surface area contributed by atoms with Crippen LogP contribution in [0.15, 0.2) is 0 Å². The lowest BCUT2D eigenvalue weighted by Crippen LogP contribution is -2.50. The van der Waals surface area contributed by atoms with E-state index in [1.54, 1.807) is 0 Å². The lowest BCUT2D eigenvalue weighted by atomic mass is 10.1. The van der Waals surface area contributed by atoms with E-state index in [4.69, 9.17) is 0 Å². The highest BCUT2D eigenvalue weighted by Crippen LogP contribution is 2.30. The molecule has 1 aliphatic carbocycles. The van der Waals surface area contributed by atoms with E-state index in [1.807, 2.05) is 0 Å². The molecule has 2 fully saturated rings. The molecule has 100 valence electrons. The molecule has 1 saturated heterocycles. The normalized spacial score (nSPS) is 27.0. The first-order valence-corrected chi connectivity index (χ1v) is 7.32. The van der Waals surface area contributed by atoms with E-state index < -0.39 is 0 Å². The number of nitrogens with zero attached hydrogens (tertiary/aromatic N) is 2. The summed E-state index contributed by atoms with van der Waals surface area (Å²) in [6.45, 7) is 11.1. The zero-order chi connectivity index (χ0) is 12.3. The number of piperazine rings is 1. The fourth-order valence-electron chi connectivity index (χ4n) is 2.83. The Kier molecular flexibility index (Phi) is 4.83. The van der Waals surface area contributed by atoms with Crippen LogP contribution in [0.3, 0.4) is 0 Å². The fraction of sp³-hybridized carbons (Fsp3) is 1.00. The quantitative estimate of drug-likeness (QED) is 0.756. The van der Waals surface area contributed by atoms with Gasteiger partial charge < -0.3 is 10.2 Å². The second-order valence-corrected chi connectivity index (χ2v) is 6.05. The molecule has 0 bridgehead atoms. The van der Waals surface area contributed by atoms with Crippen LogP contribution in [-0.4, -0.2) is 61.7 Å². The lowest BCUT2D eigenvalue weighted by molar-refractivity contribution is 0.0926. The first kappa shape index (κ1) is 13.3. The highest BCUT2D eigenvalue weighted by Gasteiger charge is 2.27. The smallest absolute Gasteiger partial charge is 0.0113 e. The molecular weight excluding hydrogens is 210 g/mol. The van der Waals surface area contributed by atoms with Crippen molar-refractivity contribution in [2.75, 3.05) is 39.8 Å². The van der Waals surface area contributed by atoms with Crippen molar-refractivity contribution in [1.29, 1.82) is 0 Å². The maximum Gasteiger partial charge on any atom is 0.0113 e. The molecule has 2 rings (SSSR count). The summed E-state index contributed by atoms with van der Waals surface area (Å²) in [6, 6.07) is 1.36. The summed E-state index contributed by atoms with van der Waals surface area (Å²) in [5.74, 6) is 1.04. The second kappa shape index (κ2) is 6.17. The Balaban J connectivity index is 1.66. The summed E-state index contributed by atoms with van der Waals surface area (Å²) in [4.78, 5) is 5.33. The average molecular weight is 239 g/mol. The minimum atomic E-state index is 0.634. The second-order valence-electron chi connectivity index (χ2n) is 6.05. The molecule has 0 aromatic heterocycles. The Morgan fingerprint density at radius 1 is 1.12 bits per heavy atom. The van der Waals surface area contributed by atoms with Crippen LogP contribution < -0.4 is 5.32 Å². The van der Waals surface area contributed by atoms with E-state index >= 15 is 0 Å². The van der Waals surface area contributed by atoms with Gasteiger partial charge in [0.2, 0.25) is 0 Å². The van der Waals surface area contributed by atoms with E-state index in [-0.39, 0.29) is 0 Å². The highest BCUT2D eigenvalue weighted by atomic mass is 15.3. The predicted octanol–water partition coefficient (Wildman–Crippen LogP) is 1.40. The minimum Gasteiger partial charge on any atom is -0.317 e. The standard InChI is InChI=1S/C14H29N3/c1-12(15-3)10-13(2)17-8-6-16(7-9-17)11-14-4-5-14/h12-15H,4-11H2,1-3H3. The van der Waals surface area contributed by atoms with Crippen molar-refractivity contribution < 1.29 is 0 Å². The van der Waals surface area contributed by atoms with Crippen LogP contribution >= 0.6 is 0 Å². The molecule has 0 aromatic carbocycles. The van der Waals surface area contributed by atoms with Crippen LogP contribution in [0.5, 0.6) is 0 Å². The zero-order valence-corrected chi connectivity index (χ0v) is 11.8. The van der Waals surface area contributed by atoms with Gasteiger partial charge in [0.25, 0.3) is 0 Å². The summed E-state index contributed by atoms with van der Waals surface area (Å²) in [7, 11) is 2.06. The Labute approximate surface area is 107 Å². The van der Waals surface area contributed by atoms with Crippen molar-refractivity contribution in [2.45, 2.75) is 45.2 Å². The van der Waals surface area contributed by atoms with Crippen LogP contribution in [-0.2, 0) is 0 Å². The molecule has 0 spiro atoms. The van der Waals surface area contributed by atoms with Gasteiger partial charge in [-0.1, -0.05) is 0 Å². The Bertz CT molecular complexity index is 220.